The normalized spacial score (nSPS) is 10.6. The Labute approximate surface area is 124 Å². The first-order valence-electron chi connectivity index (χ1n) is 5.71. The number of benzene rings is 2. The average molecular weight is 335 g/mol. The zero-order valence-corrected chi connectivity index (χ0v) is 12.1. The highest BCUT2D eigenvalue weighted by Gasteiger charge is 2.10. The Kier molecular flexibility index (Phi) is 3.40. The lowest BCUT2D eigenvalue weighted by Crippen LogP contribution is -1.77. The number of aromatic nitrogens is 1. The van der Waals surface area contributed by atoms with Gasteiger partial charge in [0.05, 0.1) is 5.02 Å². The number of hydrogen-bond donors (Lipinski definition) is 0. The van der Waals surface area contributed by atoms with Gasteiger partial charge in [-0.2, -0.15) is 0 Å². The van der Waals surface area contributed by atoms with E-state index in [4.69, 9.17) is 16.1 Å². The second kappa shape index (κ2) is 5.19. The fraction of sp³-hybridized carbons (Fsp3) is 0. The standard InChI is InChI=1S/C15H9BrClNO/c16-11-7-5-10(6-8-11)15-9-14(18-19-15)12-3-1-2-4-13(12)17/h1-9H. The molecule has 0 N–H and O–H groups in total. The van der Waals surface area contributed by atoms with Gasteiger partial charge in [0.1, 0.15) is 5.69 Å². The minimum atomic E-state index is 0.665. The van der Waals surface area contributed by atoms with Gasteiger partial charge in [0, 0.05) is 21.7 Å². The quantitative estimate of drug-likeness (QED) is 0.625. The summed E-state index contributed by atoms with van der Waals surface area (Å²) in [7, 11) is 0. The van der Waals surface area contributed by atoms with Crippen LogP contribution < -0.4 is 0 Å². The maximum absolute atomic E-state index is 6.15. The third-order valence-corrected chi connectivity index (χ3v) is 3.65. The van der Waals surface area contributed by atoms with Gasteiger partial charge in [-0.05, 0) is 18.2 Å². The summed E-state index contributed by atoms with van der Waals surface area (Å²) < 4.78 is 6.41. The highest BCUT2D eigenvalue weighted by molar-refractivity contribution is 9.10. The molecule has 0 bridgehead atoms. The van der Waals surface area contributed by atoms with E-state index in [0.29, 0.717) is 5.02 Å². The first kappa shape index (κ1) is 12.5. The summed E-state index contributed by atoms with van der Waals surface area (Å²) in [6.07, 6.45) is 0. The van der Waals surface area contributed by atoms with E-state index in [0.717, 1.165) is 27.1 Å². The molecule has 0 atom stereocenters. The fourth-order valence-electron chi connectivity index (χ4n) is 1.82. The summed E-state index contributed by atoms with van der Waals surface area (Å²) in [6.45, 7) is 0. The van der Waals surface area contributed by atoms with E-state index in [1.807, 2.05) is 54.6 Å². The van der Waals surface area contributed by atoms with Crippen LogP contribution in [0.15, 0.2) is 63.6 Å². The van der Waals surface area contributed by atoms with E-state index in [2.05, 4.69) is 21.1 Å². The van der Waals surface area contributed by atoms with Crippen molar-refractivity contribution >= 4 is 27.5 Å². The Bertz CT molecular complexity index is 706. The van der Waals surface area contributed by atoms with Crippen molar-refractivity contribution in [2.45, 2.75) is 0 Å². The van der Waals surface area contributed by atoms with Crippen molar-refractivity contribution in [2.75, 3.05) is 0 Å². The van der Waals surface area contributed by atoms with Crippen LogP contribution in [0.2, 0.25) is 5.02 Å². The molecule has 0 aliphatic rings. The van der Waals surface area contributed by atoms with E-state index in [1.54, 1.807) is 0 Å². The lowest BCUT2D eigenvalue weighted by Gasteiger charge is -1.97. The molecule has 3 aromatic rings. The predicted molar refractivity (Wildman–Crippen MR) is 80.1 cm³/mol. The van der Waals surface area contributed by atoms with Crippen LogP contribution in [-0.2, 0) is 0 Å². The summed E-state index contributed by atoms with van der Waals surface area (Å²) >= 11 is 9.55. The maximum atomic E-state index is 6.15. The molecule has 4 heteroatoms. The second-order valence-electron chi connectivity index (χ2n) is 4.06. The van der Waals surface area contributed by atoms with Crippen LogP contribution in [0.1, 0.15) is 0 Å². The molecule has 0 fully saturated rings. The van der Waals surface area contributed by atoms with Crippen molar-refractivity contribution in [3.63, 3.8) is 0 Å². The molecule has 0 spiro atoms. The number of hydrogen-bond acceptors (Lipinski definition) is 2. The van der Waals surface area contributed by atoms with E-state index in [-0.39, 0.29) is 0 Å². The molecule has 0 saturated heterocycles. The molecule has 3 rings (SSSR count). The molecular weight excluding hydrogens is 326 g/mol. The van der Waals surface area contributed by atoms with E-state index in [1.165, 1.54) is 0 Å². The van der Waals surface area contributed by atoms with Crippen molar-refractivity contribution in [1.82, 2.24) is 5.16 Å². The van der Waals surface area contributed by atoms with Crippen LogP contribution in [0, 0.1) is 0 Å². The molecule has 0 aliphatic carbocycles. The van der Waals surface area contributed by atoms with Crippen LogP contribution in [0.5, 0.6) is 0 Å². The van der Waals surface area contributed by atoms with Crippen LogP contribution in [0.4, 0.5) is 0 Å². The minimum absolute atomic E-state index is 0.665. The molecule has 2 nitrogen and oxygen atoms in total. The van der Waals surface area contributed by atoms with Crippen LogP contribution in [0.3, 0.4) is 0 Å². The molecule has 0 unspecified atom stereocenters. The highest BCUT2D eigenvalue weighted by atomic mass is 79.9. The van der Waals surface area contributed by atoms with Gasteiger partial charge in [0.2, 0.25) is 0 Å². The Morgan fingerprint density at radius 1 is 1.00 bits per heavy atom. The summed E-state index contributed by atoms with van der Waals surface area (Å²) in [4.78, 5) is 0. The second-order valence-corrected chi connectivity index (χ2v) is 5.39. The van der Waals surface area contributed by atoms with Gasteiger partial charge in [-0.15, -0.1) is 0 Å². The highest BCUT2D eigenvalue weighted by Crippen LogP contribution is 2.30. The van der Waals surface area contributed by atoms with Crippen LogP contribution in [0.25, 0.3) is 22.6 Å². The molecule has 2 aromatic carbocycles. The Morgan fingerprint density at radius 3 is 2.47 bits per heavy atom. The topological polar surface area (TPSA) is 26.0 Å². The lowest BCUT2D eigenvalue weighted by atomic mass is 10.1. The zero-order chi connectivity index (χ0) is 13.2. The summed E-state index contributed by atoms with van der Waals surface area (Å²) in [6, 6.07) is 17.3. The molecule has 0 radical (unpaired) electrons. The number of rotatable bonds is 2. The zero-order valence-electron chi connectivity index (χ0n) is 9.81. The lowest BCUT2D eigenvalue weighted by molar-refractivity contribution is 0.435. The van der Waals surface area contributed by atoms with Crippen molar-refractivity contribution in [3.8, 4) is 22.6 Å². The Hall–Kier alpha value is -1.58. The van der Waals surface area contributed by atoms with E-state index >= 15 is 0 Å². The van der Waals surface area contributed by atoms with Gasteiger partial charge >= 0.3 is 0 Å². The Balaban J connectivity index is 2.00. The molecule has 94 valence electrons. The van der Waals surface area contributed by atoms with Crippen molar-refractivity contribution in [1.29, 1.82) is 0 Å². The number of halogens is 2. The minimum Gasteiger partial charge on any atom is -0.356 e. The van der Waals surface area contributed by atoms with Gasteiger partial charge in [-0.25, -0.2) is 0 Å². The molecule has 0 aliphatic heterocycles. The summed E-state index contributed by atoms with van der Waals surface area (Å²) in [5.74, 6) is 0.724. The summed E-state index contributed by atoms with van der Waals surface area (Å²) in [5, 5.41) is 4.74. The van der Waals surface area contributed by atoms with Gasteiger partial charge in [0.25, 0.3) is 0 Å². The Morgan fingerprint density at radius 2 is 1.74 bits per heavy atom. The molecule has 0 amide bonds. The number of nitrogens with zero attached hydrogens (tertiary/aromatic N) is 1. The monoisotopic (exact) mass is 333 g/mol. The van der Waals surface area contributed by atoms with E-state index in [9.17, 15) is 0 Å². The molecular formula is C15H9BrClNO. The van der Waals surface area contributed by atoms with Crippen LogP contribution in [-0.4, -0.2) is 5.16 Å². The van der Waals surface area contributed by atoms with Crippen molar-refractivity contribution in [2.24, 2.45) is 0 Å². The molecule has 0 saturated carbocycles. The third kappa shape index (κ3) is 2.57. The van der Waals surface area contributed by atoms with Gasteiger partial charge < -0.3 is 4.52 Å². The van der Waals surface area contributed by atoms with E-state index < -0.39 is 0 Å². The van der Waals surface area contributed by atoms with Gasteiger partial charge in [-0.1, -0.05) is 63.0 Å². The molecule has 1 heterocycles. The van der Waals surface area contributed by atoms with Crippen LogP contribution >= 0.6 is 27.5 Å². The largest absolute Gasteiger partial charge is 0.356 e. The van der Waals surface area contributed by atoms with Crippen molar-refractivity contribution in [3.05, 3.63) is 64.1 Å². The van der Waals surface area contributed by atoms with Crippen molar-refractivity contribution < 1.29 is 4.52 Å². The smallest absolute Gasteiger partial charge is 0.167 e. The average Bonchev–Trinajstić information content (AvgIpc) is 2.89. The third-order valence-electron chi connectivity index (χ3n) is 2.79. The summed E-state index contributed by atoms with van der Waals surface area (Å²) in [5.41, 5.74) is 2.59. The molecule has 19 heavy (non-hydrogen) atoms. The van der Waals surface area contributed by atoms with Gasteiger partial charge in [-0.3, -0.25) is 0 Å². The maximum Gasteiger partial charge on any atom is 0.167 e. The first-order chi connectivity index (χ1) is 9.24. The fourth-order valence-corrected chi connectivity index (χ4v) is 2.32. The molecule has 1 aromatic heterocycles. The van der Waals surface area contributed by atoms with Gasteiger partial charge in [0.15, 0.2) is 5.76 Å². The first-order valence-corrected chi connectivity index (χ1v) is 6.89. The SMILES string of the molecule is Clc1ccccc1-c1cc(-c2ccc(Br)cc2)on1. The predicted octanol–water partition coefficient (Wildman–Crippen LogP) is 5.42.